The van der Waals surface area contributed by atoms with Crippen LogP contribution in [0.1, 0.15) is 5.56 Å². The summed E-state index contributed by atoms with van der Waals surface area (Å²) in [4.78, 5) is 0. The lowest BCUT2D eigenvalue weighted by Crippen LogP contribution is -1.91. The number of rotatable bonds is 3. The largest absolute Gasteiger partial charge is 0.454 e. The Balaban J connectivity index is 2.22. The van der Waals surface area contributed by atoms with Gasteiger partial charge in [0, 0.05) is 6.07 Å². The van der Waals surface area contributed by atoms with Crippen LogP contribution in [-0.2, 0) is 6.61 Å². The third-order valence-corrected chi connectivity index (χ3v) is 2.47. The van der Waals surface area contributed by atoms with E-state index in [1.165, 1.54) is 6.07 Å². The molecular weight excluding hydrogens is 263 g/mol. The van der Waals surface area contributed by atoms with Crippen LogP contribution in [0.4, 0.5) is 0 Å². The van der Waals surface area contributed by atoms with E-state index in [0.29, 0.717) is 11.5 Å². The van der Waals surface area contributed by atoms with Crippen molar-refractivity contribution in [1.29, 1.82) is 0 Å². The fourth-order valence-corrected chi connectivity index (χ4v) is 1.47. The molecule has 1 aromatic heterocycles. The summed E-state index contributed by atoms with van der Waals surface area (Å²) in [7, 11) is 0. The molecule has 17 heavy (non-hydrogen) atoms. The van der Waals surface area contributed by atoms with Crippen LogP contribution in [0.25, 0.3) is 0 Å². The summed E-state index contributed by atoms with van der Waals surface area (Å²) in [5.41, 5.74) is 0.800. The monoisotopic (exact) mass is 270 g/mol. The van der Waals surface area contributed by atoms with E-state index in [1.54, 1.807) is 24.3 Å². The zero-order chi connectivity index (χ0) is 12.3. The smallest absolute Gasteiger partial charge is 0.194 e. The number of ether oxygens (including phenoxy) is 1. The van der Waals surface area contributed by atoms with Crippen LogP contribution in [0.3, 0.4) is 0 Å². The molecule has 0 fully saturated rings. The molecule has 4 nitrogen and oxygen atoms in total. The lowest BCUT2D eigenvalue weighted by molar-refractivity contribution is 0.281. The molecule has 0 amide bonds. The van der Waals surface area contributed by atoms with E-state index in [1.807, 2.05) is 0 Å². The second kappa shape index (κ2) is 5.31. The molecule has 0 saturated carbocycles. The van der Waals surface area contributed by atoms with Gasteiger partial charge in [-0.2, -0.15) is 0 Å². The Morgan fingerprint density at radius 2 is 1.82 bits per heavy atom. The molecule has 6 heteroatoms. The fraction of sp³-hybridized carbons (Fsp3) is 0.0909. The molecule has 1 N–H and O–H groups in total. The maximum atomic E-state index is 8.90. The average molecular weight is 271 g/mol. The first kappa shape index (κ1) is 12.1. The van der Waals surface area contributed by atoms with Crippen LogP contribution in [0.15, 0.2) is 30.3 Å². The normalized spacial score (nSPS) is 10.3. The zero-order valence-electron chi connectivity index (χ0n) is 8.60. The van der Waals surface area contributed by atoms with Gasteiger partial charge in [0.25, 0.3) is 0 Å². The summed E-state index contributed by atoms with van der Waals surface area (Å²) < 4.78 is 5.49. The van der Waals surface area contributed by atoms with Crippen LogP contribution in [0.2, 0.25) is 10.3 Å². The molecule has 0 unspecified atom stereocenters. The van der Waals surface area contributed by atoms with Gasteiger partial charge in [-0.1, -0.05) is 35.3 Å². The first-order valence-electron chi connectivity index (χ1n) is 4.75. The third-order valence-electron chi connectivity index (χ3n) is 2.02. The lowest BCUT2D eigenvalue weighted by atomic mass is 10.2. The van der Waals surface area contributed by atoms with Crippen molar-refractivity contribution in [1.82, 2.24) is 10.2 Å². The standard InChI is InChI=1S/C11H8Cl2N2O2/c12-10-5-9(11(13)15-14-10)17-8-3-1-7(6-16)2-4-8/h1-5,16H,6H2. The summed E-state index contributed by atoms with van der Waals surface area (Å²) in [6, 6.07) is 8.42. The highest BCUT2D eigenvalue weighted by molar-refractivity contribution is 6.32. The van der Waals surface area contributed by atoms with E-state index < -0.39 is 0 Å². The maximum Gasteiger partial charge on any atom is 0.194 e. The lowest BCUT2D eigenvalue weighted by Gasteiger charge is -2.06. The van der Waals surface area contributed by atoms with Crippen LogP contribution in [-0.4, -0.2) is 15.3 Å². The van der Waals surface area contributed by atoms with Crippen molar-refractivity contribution in [3.8, 4) is 11.5 Å². The Labute approximate surface area is 108 Å². The summed E-state index contributed by atoms with van der Waals surface area (Å²) in [6.07, 6.45) is 0. The Hall–Kier alpha value is -1.36. The highest BCUT2D eigenvalue weighted by Gasteiger charge is 2.06. The van der Waals surface area contributed by atoms with Crippen LogP contribution in [0, 0.1) is 0 Å². The Morgan fingerprint density at radius 3 is 2.47 bits per heavy atom. The van der Waals surface area contributed by atoms with Crippen molar-refractivity contribution < 1.29 is 9.84 Å². The Bertz CT molecular complexity index is 517. The summed E-state index contributed by atoms with van der Waals surface area (Å²) in [6.45, 7) is -0.0102. The molecule has 0 radical (unpaired) electrons. The molecule has 0 aliphatic heterocycles. The quantitative estimate of drug-likeness (QED) is 0.932. The van der Waals surface area contributed by atoms with Crippen molar-refractivity contribution in [3.63, 3.8) is 0 Å². The minimum Gasteiger partial charge on any atom is -0.454 e. The number of aliphatic hydroxyl groups is 1. The van der Waals surface area contributed by atoms with E-state index in [4.69, 9.17) is 33.0 Å². The van der Waals surface area contributed by atoms with Gasteiger partial charge in [0.2, 0.25) is 0 Å². The van der Waals surface area contributed by atoms with E-state index in [0.717, 1.165) is 5.56 Å². The van der Waals surface area contributed by atoms with Gasteiger partial charge in [0.1, 0.15) is 5.75 Å². The molecule has 0 atom stereocenters. The van der Waals surface area contributed by atoms with Crippen molar-refractivity contribution >= 4 is 23.2 Å². The first-order valence-corrected chi connectivity index (χ1v) is 5.51. The minimum absolute atomic E-state index is 0.0102. The minimum atomic E-state index is -0.0102. The van der Waals surface area contributed by atoms with Crippen molar-refractivity contribution in [2.24, 2.45) is 0 Å². The summed E-state index contributed by atoms with van der Waals surface area (Å²) in [5, 5.41) is 16.5. The predicted molar refractivity (Wildman–Crippen MR) is 64.5 cm³/mol. The second-order valence-electron chi connectivity index (χ2n) is 3.23. The van der Waals surface area contributed by atoms with E-state index in [2.05, 4.69) is 10.2 Å². The zero-order valence-corrected chi connectivity index (χ0v) is 10.1. The highest BCUT2D eigenvalue weighted by atomic mass is 35.5. The van der Waals surface area contributed by atoms with Crippen LogP contribution < -0.4 is 4.74 Å². The second-order valence-corrected chi connectivity index (χ2v) is 3.97. The van der Waals surface area contributed by atoms with Crippen LogP contribution >= 0.6 is 23.2 Å². The van der Waals surface area contributed by atoms with Crippen molar-refractivity contribution in [3.05, 3.63) is 46.2 Å². The van der Waals surface area contributed by atoms with Gasteiger partial charge in [0.15, 0.2) is 16.1 Å². The van der Waals surface area contributed by atoms with Gasteiger partial charge in [0.05, 0.1) is 6.61 Å². The van der Waals surface area contributed by atoms with Gasteiger partial charge in [-0.05, 0) is 17.7 Å². The first-order chi connectivity index (χ1) is 8.19. The highest BCUT2D eigenvalue weighted by Crippen LogP contribution is 2.28. The van der Waals surface area contributed by atoms with E-state index >= 15 is 0 Å². The molecule has 0 aliphatic carbocycles. The maximum absolute atomic E-state index is 8.90. The summed E-state index contributed by atoms with van der Waals surface area (Å²) in [5.74, 6) is 0.914. The Kier molecular flexibility index (Phi) is 3.78. The van der Waals surface area contributed by atoms with Gasteiger partial charge in [-0.3, -0.25) is 0 Å². The molecule has 0 bridgehead atoms. The molecule has 0 saturated heterocycles. The molecule has 0 aliphatic rings. The van der Waals surface area contributed by atoms with Gasteiger partial charge in [-0.25, -0.2) is 0 Å². The van der Waals surface area contributed by atoms with Crippen LogP contribution in [0.5, 0.6) is 11.5 Å². The number of halogens is 2. The third kappa shape index (κ3) is 3.06. The predicted octanol–water partition coefficient (Wildman–Crippen LogP) is 3.07. The average Bonchev–Trinajstić information content (AvgIpc) is 2.35. The number of aromatic nitrogens is 2. The number of aliphatic hydroxyl groups excluding tert-OH is 1. The molecular formula is C11H8Cl2N2O2. The topological polar surface area (TPSA) is 55.2 Å². The number of benzene rings is 1. The Morgan fingerprint density at radius 1 is 1.12 bits per heavy atom. The van der Waals surface area contributed by atoms with Gasteiger partial charge < -0.3 is 9.84 Å². The summed E-state index contributed by atoms with van der Waals surface area (Å²) >= 11 is 11.5. The SMILES string of the molecule is OCc1ccc(Oc2cc(Cl)nnc2Cl)cc1. The van der Waals surface area contributed by atoms with Gasteiger partial charge in [-0.15, -0.1) is 10.2 Å². The molecule has 1 heterocycles. The van der Waals surface area contributed by atoms with Crippen molar-refractivity contribution in [2.45, 2.75) is 6.61 Å². The molecule has 1 aromatic carbocycles. The molecule has 88 valence electrons. The van der Waals surface area contributed by atoms with Gasteiger partial charge >= 0.3 is 0 Å². The number of nitrogens with zero attached hydrogens (tertiary/aromatic N) is 2. The van der Waals surface area contributed by atoms with E-state index in [9.17, 15) is 0 Å². The van der Waals surface area contributed by atoms with Crippen molar-refractivity contribution in [2.75, 3.05) is 0 Å². The molecule has 2 aromatic rings. The number of hydrogen-bond donors (Lipinski definition) is 1. The number of hydrogen-bond acceptors (Lipinski definition) is 4. The van der Waals surface area contributed by atoms with E-state index in [-0.39, 0.29) is 16.9 Å². The fourth-order valence-electron chi connectivity index (χ4n) is 1.20. The molecule has 0 spiro atoms. The molecule has 2 rings (SSSR count).